The van der Waals surface area contributed by atoms with Crippen LogP contribution in [0.4, 0.5) is 4.39 Å². The van der Waals surface area contributed by atoms with Gasteiger partial charge in [0.05, 0.1) is 25.4 Å². The lowest BCUT2D eigenvalue weighted by atomic mass is 9.74. The van der Waals surface area contributed by atoms with Crippen molar-refractivity contribution in [3.63, 3.8) is 0 Å². The van der Waals surface area contributed by atoms with Gasteiger partial charge in [0.25, 0.3) is 5.91 Å². The molecule has 5 nitrogen and oxygen atoms in total. The van der Waals surface area contributed by atoms with Crippen LogP contribution < -0.4 is 4.74 Å². The third-order valence-electron chi connectivity index (χ3n) is 4.63. The molecule has 6 heteroatoms. The molecule has 0 aromatic heterocycles. The number of amides is 1. The number of carbonyl (C=O) groups excluding carboxylic acids is 1. The van der Waals surface area contributed by atoms with Gasteiger partial charge >= 0.3 is 0 Å². The van der Waals surface area contributed by atoms with Gasteiger partial charge in [0, 0.05) is 18.5 Å². The van der Waals surface area contributed by atoms with Gasteiger partial charge < -0.3 is 19.8 Å². The monoisotopic (exact) mass is 325 g/mol. The van der Waals surface area contributed by atoms with E-state index < -0.39 is 17.3 Å². The van der Waals surface area contributed by atoms with E-state index in [4.69, 9.17) is 4.74 Å². The van der Waals surface area contributed by atoms with Crippen LogP contribution in [0.1, 0.15) is 36.5 Å². The highest BCUT2D eigenvalue weighted by Crippen LogP contribution is 2.35. The van der Waals surface area contributed by atoms with Crippen molar-refractivity contribution in [2.75, 3.05) is 26.8 Å². The van der Waals surface area contributed by atoms with Gasteiger partial charge in [-0.1, -0.05) is 13.3 Å². The summed E-state index contributed by atoms with van der Waals surface area (Å²) in [5.74, 6) is -0.539. The van der Waals surface area contributed by atoms with Crippen LogP contribution in [0, 0.1) is 11.2 Å². The summed E-state index contributed by atoms with van der Waals surface area (Å²) in [7, 11) is 1.43. The Morgan fingerprint density at radius 1 is 1.52 bits per heavy atom. The lowest BCUT2D eigenvalue weighted by Gasteiger charge is -2.45. The largest absolute Gasteiger partial charge is 0.496 e. The van der Waals surface area contributed by atoms with Gasteiger partial charge in [-0.2, -0.15) is 0 Å². The summed E-state index contributed by atoms with van der Waals surface area (Å²) in [6.07, 6.45) is 1.16. The molecular formula is C17H24FNO4. The fourth-order valence-corrected chi connectivity index (χ4v) is 3.32. The number of rotatable bonds is 5. The third-order valence-corrected chi connectivity index (χ3v) is 4.63. The topological polar surface area (TPSA) is 70.0 Å². The summed E-state index contributed by atoms with van der Waals surface area (Å²) in [4.78, 5) is 14.3. The van der Waals surface area contributed by atoms with Crippen LogP contribution in [-0.2, 0) is 0 Å². The van der Waals surface area contributed by atoms with Gasteiger partial charge in [-0.05, 0) is 31.0 Å². The summed E-state index contributed by atoms with van der Waals surface area (Å²) < 4.78 is 18.7. The number of benzene rings is 1. The van der Waals surface area contributed by atoms with E-state index in [-0.39, 0.29) is 24.6 Å². The van der Waals surface area contributed by atoms with E-state index in [0.29, 0.717) is 25.1 Å². The van der Waals surface area contributed by atoms with Crippen molar-refractivity contribution in [1.82, 2.24) is 4.90 Å². The first-order valence-corrected chi connectivity index (χ1v) is 7.89. The Labute approximate surface area is 135 Å². The highest BCUT2D eigenvalue weighted by Gasteiger charge is 2.43. The molecule has 1 fully saturated rings. The second kappa shape index (κ2) is 7.27. The molecule has 2 rings (SSSR count). The molecule has 23 heavy (non-hydrogen) atoms. The van der Waals surface area contributed by atoms with Gasteiger partial charge in [-0.15, -0.1) is 0 Å². The lowest BCUT2D eigenvalue weighted by Crippen LogP contribution is -2.55. The number of carbonyl (C=O) groups is 1. The number of hydrogen-bond acceptors (Lipinski definition) is 4. The molecular weight excluding hydrogens is 301 g/mol. The molecule has 2 N–H and O–H groups in total. The molecule has 0 unspecified atom stereocenters. The number of ether oxygens (including phenoxy) is 1. The molecule has 2 atom stereocenters. The van der Waals surface area contributed by atoms with Crippen molar-refractivity contribution >= 4 is 5.91 Å². The van der Waals surface area contributed by atoms with Crippen molar-refractivity contribution in [3.05, 3.63) is 29.6 Å². The Morgan fingerprint density at radius 2 is 2.26 bits per heavy atom. The van der Waals surface area contributed by atoms with Gasteiger partial charge in [0.2, 0.25) is 0 Å². The summed E-state index contributed by atoms with van der Waals surface area (Å²) in [5, 5.41) is 20.1. The summed E-state index contributed by atoms with van der Waals surface area (Å²) in [5.41, 5.74) is -0.560. The maximum atomic E-state index is 13.5. The van der Waals surface area contributed by atoms with Crippen molar-refractivity contribution in [2.24, 2.45) is 5.41 Å². The average molecular weight is 325 g/mol. The fourth-order valence-electron chi connectivity index (χ4n) is 3.32. The Hall–Kier alpha value is -1.66. The summed E-state index contributed by atoms with van der Waals surface area (Å²) >= 11 is 0. The zero-order valence-corrected chi connectivity index (χ0v) is 13.6. The molecule has 1 aliphatic rings. The van der Waals surface area contributed by atoms with Gasteiger partial charge in [-0.3, -0.25) is 4.79 Å². The van der Waals surface area contributed by atoms with E-state index in [2.05, 4.69) is 0 Å². The van der Waals surface area contributed by atoms with E-state index in [1.807, 2.05) is 6.92 Å². The molecule has 1 aliphatic heterocycles. The Balaban J connectivity index is 2.28. The molecule has 128 valence electrons. The quantitative estimate of drug-likeness (QED) is 0.866. The van der Waals surface area contributed by atoms with E-state index in [1.54, 1.807) is 4.90 Å². The molecule has 1 aromatic carbocycles. The molecule has 0 spiro atoms. The SMILES string of the molecule is CCC[C@@]1(CO)CN(C(=O)c2cc(F)ccc2OC)CC[C@@H]1O. The minimum absolute atomic E-state index is 0.159. The maximum Gasteiger partial charge on any atom is 0.257 e. The molecule has 0 bridgehead atoms. The van der Waals surface area contributed by atoms with Crippen molar-refractivity contribution in [3.8, 4) is 5.75 Å². The van der Waals surface area contributed by atoms with Gasteiger partial charge in [0.1, 0.15) is 11.6 Å². The van der Waals surface area contributed by atoms with Crippen LogP contribution in [0.3, 0.4) is 0 Å². The molecule has 1 amide bonds. The normalized spacial score (nSPS) is 24.6. The maximum absolute atomic E-state index is 13.5. The smallest absolute Gasteiger partial charge is 0.257 e. The van der Waals surface area contributed by atoms with Crippen LogP contribution in [-0.4, -0.2) is 53.9 Å². The zero-order valence-electron chi connectivity index (χ0n) is 13.6. The summed E-state index contributed by atoms with van der Waals surface area (Å²) in [6, 6.07) is 3.82. The van der Waals surface area contributed by atoms with Crippen molar-refractivity contribution in [2.45, 2.75) is 32.3 Å². The number of halogens is 1. The highest BCUT2D eigenvalue weighted by molar-refractivity contribution is 5.97. The Kier molecular flexibility index (Phi) is 5.59. The lowest BCUT2D eigenvalue weighted by molar-refractivity contribution is -0.0720. The van der Waals surface area contributed by atoms with Crippen molar-refractivity contribution < 1.29 is 24.1 Å². The Morgan fingerprint density at radius 3 is 2.87 bits per heavy atom. The molecule has 1 saturated heterocycles. The number of likely N-dealkylation sites (tertiary alicyclic amines) is 1. The molecule has 1 aromatic rings. The first kappa shape index (κ1) is 17.7. The van der Waals surface area contributed by atoms with E-state index in [1.165, 1.54) is 19.2 Å². The number of aliphatic hydroxyl groups excluding tert-OH is 2. The predicted octanol–water partition coefficient (Wildman–Crippen LogP) is 1.82. The number of methoxy groups -OCH3 is 1. The first-order chi connectivity index (χ1) is 11.0. The molecule has 1 heterocycles. The van der Waals surface area contributed by atoms with Crippen LogP contribution >= 0.6 is 0 Å². The van der Waals surface area contributed by atoms with Crippen molar-refractivity contribution in [1.29, 1.82) is 0 Å². The average Bonchev–Trinajstić information content (AvgIpc) is 2.56. The predicted molar refractivity (Wildman–Crippen MR) is 83.9 cm³/mol. The molecule has 0 radical (unpaired) electrons. The van der Waals surface area contributed by atoms with Gasteiger partial charge in [-0.25, -0.2) is 4.39 Å². The van der Waals surface area contributed by atoms with Gasteiger partial charge in [0.15, 0.2) is 0 Å². The fraction of sp³-hybridized carbons (Fsp3) is 0.588. The van der Waals surface area contributed by atoms with Crippen LogP contribution in [0.25, 0.3) is 0 Å². The highest BCUT2D eigenvalue weighted by atomic mass is 19.1. The molecule has 0 saturated carbocycles. The Bertz CT molecular complexity index is 566. The minimum atomic E-state index is -0.719. The number of piperidine rings is 1. The summed E-state index contributed by atoms with van der Waals surface area (Å²) in [6.45, 7) is 2.40. The first-order valence-electron chi connectivity index (χ1n) is 7.89. The van der Waals surface area contributed by atoms with Crippen LogP contribution in [0.5, 0.6) is 5.75 Å². The van der Waals surface area contributed by atoms with Crippen LogP contribution in [0.2, 0.25) is 0 Å². The molecule has 0 aliphatic carbocycles. The number of aliphatic hydroxyl groups is 2. The minimum Gasteiger partial charge on any atom is -0.496 e. The zero-order chi connectivity index (χ0) is 17.0. The number of nitrogens with zero attached hydrogens (tertiary/aromatic N) is 1. The number of hydrogen-bond donors (Lipinski definition) is 2. The van der Waals surface area contributed by atoms with E-state index in [0.717, 1.165) is 12.5 Å². The van der Waals surface area contributed by atoms with E-state index >= 15 is 0 Å². The standard InChI is InChI=1S/C17H24FNO4/c1-3-7-17(11-20)10-19(8-6-15(17)21)16(22)13-9-12(18)4-5-14(13)23-2/h4-5,9,15,20-21H,3,6-8,10-11H2,1-2H3/t15-,17-/m0/s1. The van der Waals surface area contributed by atoms with Crippen LogP contribution in [0.15, 0.2) is 18.2 Å². The second-order valence-corrected chi connectivity index (χ2v) is 6.15. The second-order valence-electron chi connectivity index (χ2n) is 6.15. The third kappa shape index (κ3) is 3.48. The van der Waals surface area contributed by atoms with E-state index in [9.17, 15) is 19.4 Å².